The van der Waals surface area contributed by atoms with Crippen molar-refractivity contribution in [3.05, 3.63) is 64.1 Å². The summed E-state index contributed by atoms with van der Waals surface area (Å²) in [6.07, 6.45) is 0. The summed E-state index contributed by atoms with van der Waals surface area (Å²) in [6, 6.07) is 14.1. The zero-order valence-electron chi connectivity index (χ0n) is 12.7. The minimum absolute atomic E-state index is 0.0266. The first-order valence-corrected chi connectivity index (χ1v) is 7.95. The highest BCUT2D eigenvalue weighted by Crippen LogP contribution is 2.24. The topological polar surface area (TPSA) is 47.6 Å². The Morgan fingerprint density at radius 3 is 2.62 bits per heavy atom. The van der Waals surface area contributed by atoms with E-state index in [4.69, 9.17) is 4.74 Å². The van der Waals surface area contributed by atoms with Crippen molar-refractivity contribution in [3.63, 3.8) is 0 Å². The lowest BCUT2D eigenvalue weighted by Crippen LogP contribution is -2.27. The Balaban J connectivity index is 1.82. The van der Waals surface area contributed by atoms with Crippen LogP contribution in [0, 0.1) is 0 Å². The number of amides is 1. The molecule has 0 heterocycles. The van der Waals surface area contributed by atoms with Gasteiger partial charge in [0, 0.05) is 16.6 Å². The molecule has 0 aliphatic heterocycles. The van der Waals surface area contributed by atoms with Gasteiger partial charge in [-0.15, -0.1) is 0 Å². The fourth-order valence-electron chi connectivity index (χ4n) is 1.98. The van der Waals surface area contributed by atoms with Crippen molar-refractivity contribution < 1.29 is 23.0 Å². The summed E-state index contributed by atoms with van der Waals surface area (Å²) < 4.78 is 35.2. The Morgan fingerprint density at radius 1 is 1.17 bits per heavy atom. The molecule has 0 saturated carbocycles. The van der Waals surface area contributed by atoms with E-state index in [9.17, 15) is 13.6 Å². The van der Waals surface area contributed by atoms with Crippen LogP contribution < -0.4 is 10.1 Å². The molecule has 0 unspecified atom stereocenters. The summed E-state index contributed by atoms with van der Waals surface area (Å²) in [5.41, 5.74) is 1.41. The van der Waals surface area contributed by atoms with Gasteiger partial charge in [0.1, 0.15) is 12.4 Å². The second-order valence-corrected chi connectivity index (χ2v) is 5.80. The summed E-state index contributed by atoms with van der Waals surface area (Å²) in [7, 11) is 0. The molecule has 7 heteroatoms. The molecule has 0 aliphatic rings. The highest BCUT2D eigenvalue weighted by atomic mass is 79.9. The van der Waals surface area contributed by atoms with Crippen LogP contribution in [0.3, 0.4) is 0 Å². The van der Waals surface area contributed by atoms with Crippen LogP contribution in [-0.4, -0.2) is 19.1 Å². The van der Waals surface area contributed by atoms with Gasteiger partial charge in [0.25, 0.3) is 0 Å². The lowest BCUT2D eigenvalue weighted by molar-refractivity contribution is -0.126. The molecule has 2 aromatic rings. The standard InChI is InChI=1S/C17H16BrF2NO3/c18-14-6-7-15(24-17(19)20)13(8-14)9-21-16(22)11-23-10-12-4-2-1-3-5-12/h1-8,17H,9-11H2,(H,21,22). The van der Waals surface area contributed by atoms with Gasteiger partial charge in [0.15, 0.2) is 0 Å². The van der Waals surface area contributed by atoms with Gasteiger partial charge < -0.3 is 14.8 Å². The minimum atomic E-state index is -2.92. The summed E-state index contributed by atoms with van der Waals surface area (Å²) in [6.45, 7) is -2.65. The van der Waals surface area contributed by atoms with Gasteiger partial charge in [-0.25, -0.2) is 0 Å². The molecule has 4 nitrogen and oxygen atoms in total. The Kier molecular flexibility index (Phi) is 7.14. The first-order valence-electron chi connectivity index (χ1n) is 7.16. The van der Waals surface area contributed by atoms with Crippen LogP contribution in [0.25, 0.3) is 0 Å². The summed E-state index contributed by atoms with van der Waals surface area (Å²) in [5.74, 6) is -0.312. The van der Waals surface area contributed by atoms with Gasteiger partial charge >= 0.3 is 6.61 Å². The normalized spacial score (nSPS) is 10.7. The fraction of sp³-hybridized carbons (Fsp3) is 0.235. The van der Waals surface area contributed by atoms with Crippen LogP contribution in [0.2, 0.25) is 0 Å². The number of hydrogen-bond acceptors (Lipinski definition) is 3. The van der Waals surface area contributed by atoms with Crippen molar-refractivity contribution in [2.45, 2.75) is 19.8 Å². The molecule has 0 fully saturated rings. The van der Waals surface area contributed by atoms with E-state index < -0.39 is 6.61 Å². The molecule has 0 spiro atoms. The first kappa shape index (κ1) is 18.4. The molecule has 0 bridgehead atoms. The monoisotopic (exact) mass is 399 g/mol. The molecule has 2 aromatic carbocycles. The average molecular weight is 400 g/mol. The maximum atomic E-state index is 12.4. The SMILES string of the molecule is O=C(COCc1ccccc1)NCc1cc(Br)ccc1OC(F)F. The zero-order chi connectivity index (χ0) is 17.4. The largest absolute Gasteiger partial charge is 0.434 e. The molecule has 0 saturated heterocycles. The number of halogens is 3. The van der Waals surface area contributed by atoms with Crippen molar-refractivity contribution in [1.82, 2.24) is 5.32 Å². The highest BCUT2D eigenvalue weighted by molar-refractivity contribution is 9.10. The molecule has 0 aliphatic carbocycles. The predicted octanol–water partition coefficient (Wildman–Crippen LogP) is 3.88. The Bertz CT molecular complexity index is 668. The summed E-state index contributed by atoms with van der Waals surface area (Å²) in [5, 5.41) is 2.62. The van der Waals surface area contributed by atoms with Crippen molar-refractivity contribution >= 4 is 21.8 Å². The predicted molar refractivity (Wildman–Crippen MR) is 88.7 cm³/mol. The van der Waals surface area contributed by atoms with Crippen LogP contribution in [0.4, 0.5) is 8.78 Å². The Labute approximate surface area is 146 Å². The molecular formula is C17H16BrF2NO3. The summed E-state index contributed by atoms with van der Waals surface area (Å²) in [4.78, 5) is 11.8. The number of carbonyl (C=O) groups excluding carboxylic acids is 1. The van der Waals surface area contributed by atoms with E-state index in [0.717, 1.165) is 5.56 Å². The van der Waals surface area contributed by atoms with Crippen LogP contribution in [0.1, 0.15) is 11.1 Å². The van der Waals surface area contributed by atoms with E-state index >= 15 is 0 Å². The van der Waals surface area contributed by atoms with Crippen molar-refractivity contribution in [1.29, 1.82) is 0 Å². The van der Waals surface area contributed by atoms with E-state index in [-0.39, 0.29) is 24.8 Å². The number of alkyl halides is 2. The second kappa shape index (κ2) is 9.34. The van der Waals surface area contributed by atoms with Gasteiger partial charge in [0.2, 0.25) is 5.91 Å². The van der Waals surface area contributed by atoms with Crippen LogP contribution >= 0.6 is 15.9 Å². The molecule has 0 radical (unpaired) electrons. The molecule has 1 amide bonds. The van der Waals surface area contributed by atoms with E-state index in [0.29, 0.717) is 16.6 Å². The smallest absolute Gasteiger partial charge is 0.387 e. The number of rotatable bonds is 8. The lowest BCUT2D eigenvalue weighted by Gasteiger charge is -2.12. The molecule has 0 aromatic heterocycles. The van der Waals surface area contributed by atoms with Crippen molar-refractivity contribution in [2.24, 2.45) is 0 Å². The zero-order valence-corrected chi connectivity index (χ0v) is 14.3. The number of ether oxygens (including phenoxy) is 2. The quantitative estimate of drug-likeness (QED) is 0.732. The molecule has 2 rings (SSSR count). The minimum Gasteiger partial charge on any atom is -0.434 e. The maximum absolute atomic E-state index is 12.4. The van der Waals surface area contributed by atoms with E-state index in [1.807, 2.05) is 30.3 Å². The van der Waals surface area contributed by atoms with Crippen molar-refractivity contribution in [2.75, 3.05) is 6.61 Å². The Hall–Kier alpha value is -1.99. The maximum Gasteiger partial charge on any atom is 0.387 e. The summed E-state index contributed by atoms with van der Waals surface area (Å²) >= 11 is 3.26. The number of benzene rings is 2. The molecule has 128 valence electrons. The van der Waals surface area contributed by atoms with E-state index in [1.54, 1.807) is 12.1 Å². The third-order valence-electron chi connectivity index (χ3n) is 3.06. The van der Waals surface area contributed by atoms with Crippen LogP contribution in [0.15, 0.2) is 53.0 Å². The van der Waals surface area contributed by atoms with Gasteiger partial charge in [-0.1, -0.05) is 46.3 Å². The lowest BCUT2D eigenvalue weighted by atomic mass is 10.2. The van der Waals surface area contributed by atoms with Crippen LogP contribution in [-0.2, 0) is 22.7 Å². The molecule has 0 atom stereocenters. The molecule has 24 heavy (non-hydrogen) atoms. The van der Waals surface area contributed by atoms with Crippen molar-refractivity contribution in [3.8, 4) is 5.75 Å². The Morgan fingerprint density at radius 2 is 1.92 bits per heavy atom. The van der Waals surface area contributed by atoms with E-state index in [1.165, 1.54) is 6.07 Å². The van der Waals surface area contributed by atoms with Gasteiger partial charge in [0.05, 0.1) is 6.61 Å². The second-order valence-electron chi connectivity index (χ2n) is 4.89. The first-order chi connectivity index (χ1) is 11.5. The highest BCUT2D eigenvalue weighted by Gasteiger charge is 2.11. The fourth-order valence-corrected chi connectivity index (χ4v) is 2.39. The number of hydrogen-bond donors (Lipinski definition) is 1. The molecular weight excluding hydrogens is 384 g/mol. The third kappa shape index (κ3) is 6.25. The number of nitrogens with one attached hydrogen (secondary N) is 1. The average Bonchev–Trinajstić information content (AvgIpc) is 2.55. The van der Waals surface area contributed by atoms with Gasteiger partial charge in [-0.2, -0.15) is 8.78 Å². The number of carbonyl (C=O) groups is 1. The van der Waals surface area contributed by atoms with Crippen LogP contribution in [0.5, 0.6) is 5.75 Å². The van der Waals surface area contributed by atoms with Gasteiger partial charge in [-0.05, 0) is 23.8 Å². The third-order valence-corrected chi connectivity index (χ3v) is 3.55. The van der Waals surface area contributed by atoms with E-state index in [2.05, 4.69) is 26.0 Å². The molecule has 1 N–H and O–H groups in total. The van der Waals surface area contributed by atoms with Gasteiger partial charge in [-0.3, -0.25) is 4.79 Å².